The lowest BCUT2D eigenvalue weighted by atomic mass is 9.98. The van der Waals surface area contributed by atoms with Crippen LogP contribution in [0.25, 0.3) is 21.3 Å². The Balaban J connectivity index is 1.29. The molecular formula is C26H24N6O6S2. The summed E-state index contributed by atoms with van der Waals surface area (Å²) in [6.07, 6.45) is 2.95. The first-order valence-electron chi connectivity index (χ1n) is 12.4. The van der Waals surface area contributed by atoms with Gasteiger partial charge in [-0.05, 0) is 55.2 Å². The zero-order valence-corrected chi connectivity index (χ0v) is 23.1. The first-order chi connectivity index (χ1) is 19.0. The molecule has 3 heterocycles. The Morgan fingerprint density at radius 1 is 1.18 bits per heavy atom. The van der Waals surface area contributed by atoms with E-state index in [-0.39, 0.29) is 35.2 Å². The number of hydrogen-bond acceptors (Lipinski definition) is 10. The number of nitrogens with zero attached hydrogens (tertiary/aromatic N) is 3. The van der Waals surface area contributed by atoms with Crippen molar-refractivity contribution in [1.82, 2.24) is 31.1 Å². The highest BCUT2D eigenvalue weighted by Gasteiger charge is 2.44. The average molecular weight is 581 g/mol. The summed E-state index contributed by atoms with van der Waals surface area (Å²) < 4.78 is 32.2. The largest absolute Gasteiger partial charge is 0.423 e. The second kappa shape index (κ2) is 9.48. The summed E-state index contributed by atoms with van der Waals surface area (Å²) in [5.74, 6) is -0.838. The van der Waals surface area contributed by atoms with Crippen LogP contribution in [0.3, 0.4) is 0 Å². The van der Waals surface area contributed by atoms with Gasteiger partial charge in [0.05, 0.1) is 16.6 Å². The molecule has 4 amide bonds. The van der Waals surface area contributed by atoms with Crippen LogP contribution >= 0.6 is 11.3 Å². The van der Waals surface area contributed by atoms with Gasteiger partial charge in [-0.1, -0.05) is 18.2 Å². The normalized spacial score (nSPS) is 19.9. The van der Waals surface area contributed by atoms with Gasteiger partial charge in [-0.15, -0.1) is 21.5 Å². The molecule has 6 rings (SSSR count). The highest BCUT2D eigenvalue weighted by Crippen LogP contribution is 2.37. The van der Waals surface area contributed by atoms with Crippen molar-refractivity contribution in [3.05, 3.63) is 64.8 Å². The van der Waals surface area contributed by atoms with Crippen molar-refractivity contribution >= 4 is 49.2 Å². The number of benzene rings is 2. The van der Waals surface area contributed by atoms with Crippen molar-refractivity contribution in [2.24, 2.45) is 0 Å². The van der Waals surface area contributed by atoms with Gasteiger partial charge in [0, 0.05) is 17.9 Å². The van der Waals surface area contributed by atoms with Gasteiger partial charge in [0.1, 0.15) is 10.5 Å². The minimum absolute atomic E-state index is 0.00231. The molecule has 40 heavy (non-hydrogen) atoms. The molecule has 12 nitrogen and oxygen atoms in total. The summed E-state index contributed by atoms with van der Waals surface area (Å²) >= 11 is 1.19. The molecule has 206 valence electrons. The third kappa shape index (κ3) is 5.07. The molecule has 3 N–H and O–H groups in total. The molecule has 0 radical (unpaired) electrons. The Kier molecular flexibility index (Phi) is 6.18. The van der Waals surface area contributed by atoms with E-state index in [1.54, 1.807) is 12.1 Å². The second-order valence-electron chi connectivity index (χ2n) is 10.2. The lowest BCUT2D eigenvalue weighted by molar-refractivity contribution is -0.123. The first-order valence-corrected chi connectivity index (χ1v) is 15.2. The highest BCUT2D eigenvalue weighted by atomic mass is 32.2. The lowest BCUT2D eigenvalue weighted by Gasteiger charge is -2.17. The standard InChI is InChI=1S/C26H24N6O6S2/c1-26(24(34)29-25(35)30-26)12-19-31-32-22(38-19)20(40(2,36)37)23-28-17-9-6-14(11-18(17)39-23)13-4-3-5-15(10-13)21(33)27-16-7-8-16/h3-6,9-11,16,20H,7-8,12H2,1-2H3,(H,27,33)(H2,29,30,34,35). The van der Waals surface area contributed by atoms with E-state index in [1.165, 1.54) is 18.3 Å². The van der Waals surface area contributed by atoms with Crippen molar-refractivity contribution in [1.29, 1.82) is 0 Å². The Hall–Kier alpha value is -4.17. The molecule has 2 aromatic heterocycles. The molecule has 1 saturated carbocycles. The molecule has 2 aromatic carbocycles. The Morgan fingerprint density at radius 3 is 2.65 bits per heavy atom. The van der Waals surface area contributed by atoms with Gasteiger partial charge >= 0.3 is 6.03 Å². The SMILES string of the molecule is CC1(Cc2nnc(C(c3nc4ccc(-c5cccc(C(=O)NC6CC6)c5)cc4s3)S(C)(=O)=O)o2)NC(=O)NC1=O. The van der Waals surface area contributed by atoms with Crippen LogP contribution in [-0.4, -0.2) is 59.3 Å². The minimum atomic E-state index is -3.79. The van der Waals surface area contributed by atoms with Gasteiger partial charge in [-0.2, -0.15) is 0 Å². The maximum atomic E-state index is 12.9. The molecule has 2 aliphatic rings. The first kappa shape index (κ1) is 26.1. The Bertz CT molecular complexity index is 1790. The molecule has 1 saturated heterocycles. The number of fused-ring (bicyclic) bond motifs is 1. The predicted molar refractivity (Wildman–Crippen MR) is 145 cm³/mol. The second-order valence-corrected chi connectivity index (χ2v) is 13.4. The van der Waals surface area contributed by atoms with Gasteiger partial charge in [-0.3, -0.25) is 14.9 Å². The maximum Gasteiger partial charge on any atom is 0.322 e. The summed E-state index contributed by atoms with van der Waals surface area (Å²) in [7, 11) is -3.79. The third-order valence-corrected chi connectivity index (χ3v) is 9.27. The van der Waals surface area contributed by atoms with E-state index in [2.05, 4.69) is 31.1 Å². The molecule has 2 fully saturated rings. The fraction of sp³-hybridized carbons (Fsp3) is 0.308. The summed E-state index contributed by atoms with van der Waals surface area (Å²) in [4.78, 5) is 40.8. The van der Waals surface area contributed by atoms with Crippen LogP contribution in [0.4, 0.5) is 4.79 Å². The summed E-state index contributed by atoms with van der Waals surface area (Å²) in [5.41, 5.74) is 1.56. The third-order valence-electron chi connectivity index (χ3n) is 6.76. The monoisotopic (exact) mass is 580 g/mol. The van der Waals surface area contributed by atoms with Gasteiger partial charge in [-0.25, -0.2) is 18.2 Å². The van der Waals surface area contributed by atoms with Crippen molar-refractivity contribution in [3.63, 3.8) is 0 Å². The Labute approximate surface area is 232 Å². The molecular weight excluding hydrogens is 556 g/mol. The maximum absolute atomic E-state index is 12.9. The summed E-state index contributed by atoms with van der Waals surface area (Å²) in [5, 5.41) is 14.5. The van der Waals surface area contributed by atoms with E-state index < -0.39 is 32.6 Å². The number of rotatable bonds is 8. The number of aromatic nitrogens is 3. The van der Waals surface area contributed by atoms with E-state index in [0.29, 0.717) is 11.1 Å². The number of carbonyl (C=O) groups excluding carboxylic acids is 3. The van der Waals surface area contributed by atoms with E-state index in [4.69, 9.17) is 4.42 Å². The number of hydrogen-bond donors (Lipinski definition) is 3. The predicted octanol–water partition coefficient (Wildman–Crippen LogP) is 2.51. The smallest absolute Gasteiger partial charge is 0.322 e. The van der Waals surface area contributed by atoms with Crippen molar-refractivity contribution in [3.8, 4) is 11.1 Å². The topological polar surface area (TPSA) is 173 Å². The fourth-order valence-corrected chi connectivity index (χ4v) is 7.02. The van der Waals surface area contributed by atoms with E-state index >= 15 is 0 Å². The van der Waals surface area contributed by atoms with Gasteiger partial charge < -0.3 is 15.1 Å². The fourth-order valence-electron chi connectivity index (χ4n) is 4.49. The van der Waals surface area contributed by atoms with Crippen LogP contribution in [0.15, 0.2) is 46.9 Å². The van der Waals surface area contributed by atoms with E-state index in [9.17, 15) is 22.8 Å². The number of thiazole rings is 1. The number of urea groups is 1. The molecule has 2 atom stereocenters. The van der Waals surface area contributed by atoms with Crippen molar-refractivity contribution in [2.75, 3.05) is 6.26 Å². The number of amides is 4. The van der Waals surface area contributed by atoms with Crippen LogP contribution in [0.5, 0.6) is 0 Å². The number of sulfone groups is 1. The molecule has 1 aliphatic heterocycles. The van der Waals surface area contributed by atoms with Crippen molar-refractivity contribution < 1.29 is 27.2 Å². The van der Waals surface area contributed by atoms with Gasteiger partial charge in [0.2, 0.25) is 11.8 Å². The zero-order chi connectivity index (χ0) is 28.2. The number of imide groups is 1. The summed E-state index contributed by atoms with van der Waals surface area (Å²) in [6.45, 7) is 1.51. The molecule has 4 aromatic rings. The number of nitrogens with one attached hydrogen (secondary N) is 3. The van der Waals surface area contributed by atoms with Crippen LogP contribution in [-0.2, 0) is 21.1 Å². The highest BCUT2D eigenvalue weighted by molar-refractivity contribution is 7.91. The van der Waals surface area contributed by atoms with Gasteiger partial charge in [0.25, 0.3) is 11.8 Å². The summed E-state index contributed by atoms with van der Waals surface area (Å²) in [6, 6.07) is 12.5. The molecule has 14 heteroatoms. The van der Waals surface area contributed by atoms with Gasteiger partial charge in [0.15, 0.2) is 15.1 Å². The lowest BCUT2D eigenvalue weighted by Crippen LogP contribution is -2.45. The van der Waals surface area contributed by atoms with Crippen LogP contribution < -0.4 is 16.0 Å². The molecule has 2 unspecified atom stereocenters. The van der Waals surface area contributed by atoms with Crippen molar-refractivity contribution in [2.45, 2.75) is 43.0 Å². The molecule has 1 aliphatic carbocycles. The zero-order valence-electron chi connectivity index (χ0n) is 21.4. The average Bonchev–Trinajstić information content (AvgIpc) is 3.32. The van der Waals surface area contributed by atoms with E-state index in [0.717, 1.165) is 34.9 Å². The Morgan fingerprint density at radius 2 is 1.95 bits per heavy atom. The van der Waals surface area contributed by atoms with Crippen LogP contribution in [0.2, 0.25) is 0 Å². The quantitative estimate of drug-likeness (QED) is 0.265. The van der Waals surface area contributed by atoms with Crippen LogP contribution in [0, 0.1) is 0 Å². The molecule has 0 bridgehead atoms. The minimum Gasteiger partial charge on any atom is -0.423 e. The number of carbonyl (C=O) groups is 3. The van der Waals surface area contributed by atoms with E-state index in [1.807, 2.05) is 30.3 Å². The van der Waals surface area contributed by atoms with Crippen LogP contribution in [0.1, 0.15) is 52.2 Å². The molecule has 0 spiro atoms.